The normalized spacial score (nSPS) is 16.0. The van der Waals surface area contributed by atoms with E-state index in [9.17, 15) is 19.4 Å². The number of rotatable bonds is 24. The van der Waals surface area contributed by atoms with Crippen molar-refractivity contribution < 1.29 is 32.9 Å². The molecule has 1 amide bonds. The third-order valence-electron chi connectivity index (χ3n) is 5.85. The molecule has 0 aliphatic rings. The molecule has 0 aromatic carbocycles. The van der Waals surface area contributed by atoms with Gasteiger partial charge in [0.15, 0.2) is 0 Å². The van der Waals surface area contributed by atoms with E-state index in [2.05, 4.69) is 55.6 Å². The first-order valence-corrected chi connectivity index (χ1v) is 16.0. The molecule has 226 valence electrons. The van der Waals surface area contributed by atoms with Crippen LogP contribution in [0.3, 0.4) is 0 Å². The molecule has 8 nitrogen and oxygen atoms in total. The molecule has 0 bridgehead atoms. The van der Waals surface area contributed by atoms with Crippen molar-refractivity contribution in [1.82, 2.24) is 5.32 Å². The maximum absolute atomic E-state index is 12.5. The maximum atomic E-state index is 12.5. The van der Waals surface area contributed by atoms with Crippen LogP contribution in [-0.4, -0.2) is 73.4 Å². The van der Waals surface area contributed by atoms with Crippen molar-refractivity contribution in [1.29, 1.82) is 0 Å². The highest BCUT2D eigenvalue weighted by atomic mass is 31.2. The number of phosphoric acid groups is 1. The lowest BCUT2D eigenvalue weighted by Crippen LogP contribution is -2.46. The fourth-order valence-electron chi connectivity index (χ4n) is 3.46. The Morgan fingerprint density at radius 1 is 0.897 bits per heavy atom. The molecule has 39 heavy (non-hydrogen) atoms. The lowest BCUT2D eigenvalue weighted by atomic mass is 10.0. The Kier molecular flexibility index (Phi) is 22.3. The average Bonchev–Trinajstić information content (AvgIpc) is 2.86. The molecule has 0 aromatic rings. The molecule has 3 unspecified atom stereocenters. The van der Waals surface area contributed by atoms with Crippen molar-refractivity contribution in [3.8, 4) is 0 Å². The molecule has 0 aliphatic heterocycles. The monoisotopic (exact) mass is 571 g/mol. The van der Waals surface area contributed by atoms with Gasteiger partial charge in [-0.25, -0.2) is 4.57 Å². The van der Waals surface area contributed by atoms with Gasteiger partial charge in [-0.2, -0.15) is 0 Å². The number of quaternary nitrogens is 1. The third kappa shape index (κ3) is 25.2. The van der Waals surface area contributed by atoms with Crippen molar-refractivity contribution >= 4 is 13.7 Å². The molecule has 0 rings (SSSR count). The Labute approximate surface area is 238 Å². The van der Waals surface area contributed by atoms with Crippen LogP contribution in [0.1, 0.15) is 84.5 Å². The van der Waals surface area contributed by atoms with Crippen molar-refractivity contribution in [2.24, 2.45) is 0 Å². The minimum Gasteiger partial charge on any atom is -0.391 e. The lowest BCUT2D eigenvalue weighted by molar-refractivity contribution is -0.870. The molecule has 0 fully saturated rings. The largest absolute Gasteiger partial charge is 0.472 e. The van der Waals surface area contributed by atoms with Gasteiger partial charge in [0.2, 0.25) is 5.91 Å². The van der Waals surface area contributed by atoms with E-state index >= 15 is 0 Å². The number of likely N-dealkylation sites (N-methyl/N-ethyl adjacent to an activating group) is 1. The van der Waals surface area contributed by atoms with Crippen LogP contribution in [0.4, 0.5) is 0 Å². The smallest absolute Gasteiger partial charge is 0.391 e. The summed E-state index contributed by atoms with van der Waals surface area (Å²) in [6.45, 7) is 4.53. The van der Waals surface area contributed by atoms with Crippen LogP contribution in [-0.2, 0) is 18.4 Å². The summed E-state index contributed by atoms with van der Waals surface area (Å²) in [7, 11) is 1.55. The van der Waals surface area contributed by atoms with Gasteiger partial charge < -0.3 is 19.8 Å². The first kappa shape index (κ1) is 37.5. The van der Waals surface area contributed by atoms with E-state index in [1.807, 2.05) is 33.3 Å². The summed E-state index contributed by atoms with van der Waals surface area (Å²) in [5.74, 6) is -0.239. The Morgan fingerprint density at radius 2 is 1.49 bits per heavy atom. The number of carbonyl (C=O) groups is 1. The van der Waals surface area contributed by atoms with Crippen LogP contribution in [0, 0.1) is 0 Å². The van der Waals surface area contributed by atoms with E-state index < -0.39 is 20.0 Å². The number of nitrogens with zero attached hydrogens (tertiary/aromatic N) is 1. The van der Waals surface area contributed by atoms with Gasteiger partial charge in [0, 0.05) is 6.42 Å². The van der Waals surface area contributed by atoms with Gasteiger partial charge in [0.05, 0.1) is 39.9 Å². The van der Waals surface area contributed by atoms with Gasteiger partial charge in [-0.15, -0.1) is 0 Å². The summed E-state index contributed by atoms with van der Waals surface area (Å²) in [5, 5.41) is 13.5. The highest BCUT2D eigenvalue weighted by Crippen LogP contribution is 2.43. The predicted molar refractivity (Wildman–Crippen MR) is 161 cm³/mol. The molecular formula is C30H56N2O6P+. The second-order valence-electron chi connectivity index (χ2n) is 10.7. The number of aliphatic hydroxyl groups excluding tert-OH is 1. The second-order valence-corrected chi connectivity index (χ2v) is 12.2. The Hall–Kier alpha value is -1.54. The predicted octanol–water partition coefficient (Wildman–Crippen LogP) is 6.23. The second kappa shape index (κ2) is 23.2. The summed E-state index contributed by atoms with van der Waals surface area (Å²) in [6.07, 6.45) is 24.9. The van der Waals surface area contributed by atoms with Gasteiger partial charge in [-0.05, 0) is 38.5 Å². The van der Waals surface area contributed by atoms with E-state index in [0.29, 0.717) is 23.9 Å². The fourth-order valence-corrected chi connectivity index (χ4v) is 4.20. The molecule has 0 aliphatic carbocycles. The molecule has 0 aromatic heterocycles. The van der Waals surface area contributed by atoms with Gasteiger partial charge in [0.1, 0.15) is 13.2 Å². The van der Waals surface area contributed by atoms with Gasteiger partial charge in [-0.3, -0.25) is 13.8 Å². The molecule has 9 heteroatoms. The Balaban J connectivity index is 4.61. The van der Waals surface area contributed by atoms with Gasteiger partial charge in [-0.1, -0.05) is 88.1 Å². The number of hydrogen-bond donors (Lipinski definition) is 3. The standard InChI is InChI=1S/C30H55N2O6P/c1-6-8-10-12-13-14-15-16-17-18-19-20-22-24-30(34)31-28(29(33)23-21-11-9-7-2)27-38-39(35,36)37-26-25-32(3,4)5/h8,10,13-14,16-17,19-20,28-29,33H,6-7,9,11-12,15,18,21-27H2,1-5H3,(H-,31,34,35,36)/p+1/b10-8-,14-13-,17-16-,20-19-. The Morgan fingerprint density at radius 3 is 2.05 bits per heavy atom. The van der Waals surface area contributed by atoms with Gasteiger partial charge >= 0.3 is 7.82 Å². The summed E-state index contributed by atoms with van der Waals surface area (Å²) >= 11 is 0. The first-order valence-electron chi connectivity index (χ1n) is 14.5. The SMILES string of the molecule is CC/C=C\C/C=C\C/C=C\C/C=C\CCC(=O)NC(COP(=O)(O)OCC[N+](C)(C)C)C(O)CCCCCC. The topological polar surface area (TPSA) is 105 Å². The fraction of sp³-hybridized carbons (Fsp3) is 0.700. The van der Waals surface area contributed by atoms with E-state index in [0.717, 1.165) is 51.4 Å². The Bertz CT molecular complexity index is 789. The van der Waals surface area contributed by atoms with Crippen molar-refractivity contribution in [2.75, 3.05) is 40.9 Å². The number of carbonyl (C=O) groups excluding carboxylic acids is 1. The number of unbranched alkanes of at least 4 members (excludes halogenated alkanes) is 3. The molecule has 3 atom stereocenters. The van der Waals surface area contributed by atoms with Crippen LogP contribution >= 0.6 is 7.82 Å². The van der Waals surface area contributed by atoms with Crippen LogP contribution < -0.4 is 5.32 Å². The minimum absolute atomic E-state index is 0.0583. The summed E-state index contributed by atoms with van der Waals surface area (Å²) in [4.78, 5) is 22.6. The number of aliphatic hydroxyl groups is 1. The number of hydrogen-bond acceptors (Lipinski definition) is 5. The number of allylic oxidation sites excluding steroid dienone is 8. The highest BCUT2D eigenvalue weighted by Gasteiger charge is 2.28. The van der Waals surface area contributed by atoms with E-state index in [-0.39, 0.29) is 25.5 Å². The van der Waals surface area contributed by atoms with Crippen LogP contribution in [0.25, 0.3) is 0 Å². The molecule has 0 spiro atoms. The van der Waals surface area contributed by atoms with E-state index in [4.69, 9.17) is 9.05 Å². The summed E-state index contributed by atoms with van der Waals surface area (Å²) in [6, 6.07) is -0.793. The quantitative estimate of drug-likeness (QED) is 0.0549. The minimum atomic E-state index is -4.30. The van der Waals surface area contributed by atoms with Crippen molar-refractivity contribution in [3.05, 3.63) is 48.6 Å². The molecule has 0 saturated heterocycles. The van der Waals surface area contributed by atoms with E-state index in [1.54, 1.807) is 0 Å². The number of nitrogens with one attached hydrogen (secondary N) is 1. The molecule has 0 saturated carbocycles. The van der Waals surface area contributed by atoms with Crippen LogP contribution in [0.2, 0.25) is 0 Å². The lowest BCUT2D eigenvalue weighted by Gasteiger charge is -2.26. The zero-order valence-corrected chi connectivity index (χ0v) is 26.0. The number of amides is 1. The first-order chi connectivity index (χ1) is 18.5. The van der Waals surface area contributed by atoms with E-state index in [1.165, 1.54) is 0 Å². The van der Waals surface area contributed by atoms with Crippen LogP contribution in [0.5, 0.6) is 0 Å². The molecule has 0 heterocycles. The average molecular weight is 572 g/mol. The molecule has 3 N–H and O–H groups in total. The summed E-state index contributed by atoms with van der Waals surface area (Å²) in [5.41, 5.74) is 0. The third-order valence-corrected chi connectivity index (χ3v) is 6.84. The summed E-state index contributed by atoms with van der Waals surface area (Å²) < 4.78 is 23.1. The zero-order valence-electron chi connectivity index (χ0n) is 25.1. The van der Waals surface area contributed by atoms with Crippen molar-refractivity contribution in [3.63, 3.8) is 0 Å². The zero-order chi connectivity index (χ0) is 29.4. The highest BCUT2D eigenvalue weighted by molar-refractivity contribution is 7.47. The van der Waals surface area contributed by atoms with Crippen molar-refractivity contribution in [2.45, 2.75) is 96.6 Å². The van der Waals surface area contributed by atoms with Crippen LogP contribution in [0.15, 0.2) is 48.6 Å². The maximum Gasteiger partial charge on any atom is 0.472 e. The number of phosphoric ester groups is 1. The van der Waals surface area contributed by atoms with Gasteiger partial charge in [0.25, 0.3) is 0 Å². The molecular weight excluding hydrogens is 515 g/mol. The molecule has 0 radical (unpaired) electrons.